The van der Waals surface area contributed by atoms with Crippen LogP contribution in [0.4, 0.5) is 0 Å². The molecular formula is C11H12Cl3O. The van der Waals surface area contributed by atoms with Crippen molar-refractivity contribution in [2.45, 2.75) is 16.6 Å². The van der Waals surface area contributed by atoms with E-state index in [9.17, 15) is 0 Å². The molecule has 0 aliphatic carbocycles. The summed E-state index contributed by atoms with van der Waals surface area (Å²) in [5.74, 6) is 0.779. The van der Waals surface area contributed by atoms with E-state index in [-0.39, 0.29) is 0 Å². The topological polar surface area (TPSA) is 9.23 Å². The minimum absolute atomic E-state index is 0.483. The number of halogens is 3. The number of benzene rings is 1. The lowest BCUT2D eigenvalue weighted by Crippen LogP contribution is -2.06. The largest absolute Gasteiger partial charge is 0.493 e. The minimum atomic E-state index is -1.19. The van der Waals surface area contributed by atoms with Gasteiger partial charge in [-0.05, 0) is 31.4 Å². The van der Waals surface area contributed by atoms with Gasteiger partial charge in [0.15, 0.2) is 3.79 Å². The van der Waals surface area contributed by atoms with Crippen molar-refractivity contribution in [2.75, 3.05) is 6.61 Å². The van der Waals surface area contributed by atoms with Gasteiger partial charge in [0.05, 0.1) is 6.61 Å². The van der Waals surface area contributed by atoms with Crippen LogP contribution in [0.3, 0.4) is 0 Å². The Kier molecular flexibility index (Phi) is 5.04. The molecule has 0 amide bonds. The average molecular weight is 267 g/mol. The van der Waals surface area contributed by atoms with Crippen LogP contribution in [0, 0.1) is 6.92 Å². The first kappa shape index (κ1) is 13.0. The first-order chi connectivity index (χ1) is 6.99. The van der Waals surface area contributed by atoms with Crippen LogP contribution in [0.15, 0.2) is 24.3 Å². The highest BCUT2D eigenvalue weighted by molar-refractivity contribution is 6.67. The fourth-order valence-electron chi connectivity index (χ4n) is 1.10. The van der Waals surface area contributed by atoms with Crippen LogP contribution in [-0.4, -0.2) is 10.4 Å². The quantitative estimate of drug-likeness (QED) is 0.580. The van der Waals surface area contributed by atoms with E-state index in [1.165, 1.54) is 0 Å². The molecule has 0 spiro atoms. The Morgan fingerprint density at radius 3 is 2.47 bits per heavy atom. The number of hydrogen-bond acceptors (Lipinski definition) is 1. The van der Waals surface area contributed by atoms with E-state index < -0.39 is 3.79 Å². The van der Waals surface area contributed by atoms with Gasteiger partial charge in [-0.3, -0.25) is 0 Å². The summed E-state index contributed by atoms with van der Waals surface area (Å²) in [6.07, 6.45) is 1.18. The molecule has 1 rings (SSSR count). The summed E-state index contributed by atoms with van der Waals surface area (Å²) < 4.78 is 4.31. The van der Waals surface area contributed by atoms with Crippen molar-refractivity contribution in [1.82, 2.24) is 0 Å². The molecule has 0 heterocycles. The number of hydrogen-bond donors (Lipinski definition) is 0. The smallest absolute Gasteiger partial charge is 0.190 e. The number of alkyl halides is 3. The Labute approximate surface area is 105 Å². The predicted molar refractivity (Wildman–Crippen MR) is 65.9 cm³/mol. The Morgan fingerprint density at radius 1 is 1.20 bits per heavy atom. The summed E-state index contributed by atoms with van der Waals surface area (Å²) >= 11 is 16.8. The van der Waals surface area contributed by atoms with Crippen LogP contribution in [0.5, 0.6) is 5.75 Å². The number of para-hydroxylation sites is 1. The van der Waals surface area contributed by atoms with Gasteiger partial charge in [-0.1, -0.05) is 53.0 Å². The summed E-state index contributed by atoms with van der Waals surface area (Å²) in [5, 5.41) is 0. The lowest BCUT2D eigenvalue weighted by atomic mass is 10.2. The van der Waals surface area contributed by atoms with Crippen LogP contribution in [0.2, 0.25) is 0 Å². The van der Waals surface area contributed by atoms with Gasteiger partial charge >= 0.3 is 0 Å². The normalized spacial score (nSPS) is 11.5. The predicted octanol–water partition coefficient (Wildman–Crippen LogP) is 4.40. The van der Waals surface area contributed by atoms with Gasteiger partial charge in [0.1, 0.15) is 5.75 Å². The first-order valence-corrected chi connectivity index (χ1v) is 5.73. The van der Waals surface area contributed by atoms with Crippen molar-refractivity contribution in [3.05, 3.63) is 36.8 Å². The number of ether oxygens (including phenoxy) is 1. The summed E-state index contributed by atoms with van der Waals surface area (Å²) in [4.78, 5) is 0. The molecule has 1 aromatic rings. The van der Waals surface area contributed by atoms with Crippen LogP contribution in [0.1, 0.15) is 18.4 Å². The average Bonchev–Trinajstić information content (AvgIpc) is 2.13. The molecular weight excluding hydrogens is 254 g/mol. The van der Waals surface area contributed by atoms with Gasteiger partial charge in [0.25, 0.3) is 0 Å². The molecule has 0 unspecified atom stereocenters. The number of rotatable bonds is 4. The molecule has 15 heavy (non-hydrogen) atoms. The van der Waals surface area contributed by atoms with Crippen LogP contribution in [-0.2, 0) is 0 Å². The fourth-order valence-corrected chi connectivity index (χ4v) is 1.50. The van der Waals surface area contributed by atoms with E-state index in [1.807, 2.05) is 24.3 Å². The monoisotopic (exact) mass is 265 g/mol. The second kappa shape index (κ2) is 5.83. The molecule has 1 radical (unpaired) electrons. The van der Waals surface area contributed by atoms with Crippen molar-refractivity contribution < 1.29 is 4.74 Å². The van der Waals surface area contributed by atoms with Gasteiger partial charge < -0.3 is 4.74 Å². The summed E-state index contributed by atoms with van der Waals surface area (Å²) in [6.45, 7) is 4.37. The van der Waals surface area contributed by atoms with E-state index in [0.717, 1.165) is 11.3 Å². The van der Waals surface area contributed by atoms with Crippen LogP contribution in [0.25, 0.3) is 0 Å². The SMILES string of the molecule is [CH2]c1ccccc1OCCCC(Cl)(Cl)Cl. The lowest BCUT2D eigenvalue weighted by Gasteiger charge is -2.12. The molecule has 4 heteroatoms. The lowest BCUT2D eigenvalue weighted by molar-refractivity contribution is 0.306. The van der Waals surface area contributed by atoms with E-state index >= 15 is 0 Å². The molecule has 0 atom stereocenters. The van der Waals surface area contributed by atoms with Gasteiger partial charge in [0.2, 0.25) is 0 Å². The first-order valence-electron chi connectivity index (χ1n) is 4.59. The van der Waals surface area contributed by atoms with Crippen LogP contribution >= 0.6 is 34.8 Å². The Bertz CT molecular complexity index is 307. The molecule has 0 aliphatic rings. The molecule has 0 saturated carbocycles. The molecule has 1 nitrogen and oxygen atoms in total. The third kappa shape index (κ3) is 5.50. The van der Waals surface area contributed by atoms with Crippen molar-refractivity contribution in [1.29, 1.82) is 0 Å². The summed E-state index contributed by atoms with van der Waals surface area (Å²) in [7, 11) is 0. The van der Waals surface area contributed by atoms with Gasteiger partial charge in [-0.2, -0.15) is 0 Å². The molecule has 83 valence electrons. The Morgan fingerprint density at radius 2 is 1.87 bits per heavy atom. The fraction of sp³-hybridized carbons (Fsp3) is 0.364. The van der Waals surface area contributed by atoms with Gasteiger partial charge in [0, 0.05) is 0 Å². The molecule has 0 fully saturated rings. The maximum atomic E-state index is 5.61. The Balaban J connectivity index is 2.30. The van der Waals surface area contributed by atoms with Crippen molar-refractivity contribution in [2.24, 2.45) is 0 Å². The van der Waals surface area contributed by atoms with Crippen molar-refractivity contribution in [3.8, 4) is 5.75 Å². The second-order valence-electron chi connectivity index (χ2n) is 3.17. The third-order valence-electron chi connectivity index (χ3n) is 1.83. The van der Waals surface area contributed by atoms with Gasteiger partial charge in [-0.25, -0.2) is 0 Å². The maximum Gasteiger partial charge on any atom is 0.190 e. The van der Waals surface area contributed by atoms with Crippen molar-refractivity contribution in [3.63, 3.8) is 0 Å². The third-order valence-corrected chi connectivity index (χ3v) is 2.40. The molecule has 0 N–H and O–H groups in total. The molecule has 0 saturated heterocycles. The zero-order valence-corrected chi connectivity index (χ0v) is 10.4. The highest BCUT2D eigenvalue weighted by Crippen LogP contribution is 2.31. The molecule has 0 aliphatic heterocycles. The van der Waals surface area contributed by atoms with Gasteiger partial charge in [-0.15, -0.1) is 0 Å². The maximum absolute atomic E-state index is 5.61. The van der Waals surface area contributed by atoms with Crippen molar-refractivity contribution >= 4 is 34.8 Å². The van der Waals surface area contributed by atoms with E-state index in [0.29, 0.717) is 19.4 Å². The minimum Gasteiger partial charge on any atom is -0.493 e. The van der Waals surface area contributed by atoms with E-state index in [2.05, 4.69) is 6.92 Å². The highest BCUT2D eigenvalue weighted by Gasteiger charge is 2.18. The van der Waals surface area contributed by atoms with E-state index in [1.54, 1.807) is 0 Å². The van der Waals surface area contributed by atoms with Crippen LogP contribution < -0.4 is 4.74 Å². The second-order valence-corrected chi connectivity index (χ2v) is 5.69. The standard InChI is InChI=1S/C11H12Cl3O/c1-9-5-2-3-6-10(9)15-8-4-7-11(12,13)14/h2-3,5-6H,1,4,7-8H2. The molecule has 1 aromatic carbocycles. The van der Waals surface area contributed by atoms with E-state index in [4.69, 9.17) is 39.5 Å². The zero-order chi connectivity index (χ0) is 11.3. The molecule has 0 aromatic heterocycles. The summed E-state index contributed by atoms with van der Waals surface area (Å²) in [6, 6.07) is 7.58. The highest BCUT2D eigenvalue weighted by atomic mass is 35.6. The Hall–Kier alpha value is -0.110. The zero-order valence-electron chi connectivity index (χ0n) is 8.18. The summed E-state index contributed by atoms with van der Waals surface area (Å²) in [5.41, 5.74) is 0.867. The molecule has 0 bridgehead atoms.